The van der Waals surface area contributed by atoms with Gasteiger partial charge in [0.2, 0.25) is 0 Å². The number of fused-ring (bicyclic) bond motifs is 1. The minimum atomic E-state index is -1.30. The molecule has 0 fully saturated rings. The molecule has 2 aliphatic carbocycles. The van der Waals surface area contributed by atoms with Crippen LogP contribution in [0.5, 0.6) is 0 Å². The van der Waals surface area contributed by atoms with Gasteiger partial charge in [0.25, 0.3) is 0 Å². The molecule has 0 saturated carbocycles. The summed E-state index contributed by atoms with van der Waals surface area (Å²) in [6, 6.07) is 10.2. The van der Waals surface area contributed by atoms with Gasteiger partial charge in [-0.15, -0.1) is 0 Å². The molecule has 5 heteroatoms. The van der Waals surface area contributed by atoms with E-state index < -0.39 is 21.8 Å². The molecule has 2 N–H and O–H groups in total. The van der Waals surface area contributed by atoms with Gasteiger partial charge in [0.1, 0.15) is 0 Å². The van der Waals surface area contributed by atoms with E-state index in [2.05, 4.69) is 52.3 Å². The van der Waals surface area contributed by atoms with Crippen LogP contribution in [0.1, 0.15) is 65.8 Å². The van der Waals surface area contributed by atoms with Gasteiger partial charge in [0.15, 0.2) is 6.23 Å². The summed E-state index contributed by atoms with van der Waals surface area (Å²) >= 11 is 0. The maximum Gasteiger partial charge on any atom is 0.195 e. The van der Waals surface area contributed by atoms with E-state index in [1.807, 2.05) is 39.0 Å². The van der Waals surface area contributed by atoms with Crippen LogP contribution in [-0.2, 0) is 11.3 Å². The highest BCUT2D eigenvalue weighted by molar-refractivity contribution is 8.33. The predicted molar refractivity (Wildman–Crippen MR) is 120 cm³/mol. The van der Waals surface area contributed by atoms with Gasteiger partial charge in [-0.2, -0.15) is 5.06 Å². The van der Waals surface area contributed by atoms with Crippen LogP contribution in [0, 0.1) is 0 Å². The smallest absolute Gasteiger partial charge is 0.195 e. The first kappa shape index (κ1) is 23.2. The van der Waals surface area contributed by atoms with E-state index in [-0.39, 0.29) is 4.75 Å². The lowest BCUT2D eigenvalue weighted by Crippen LogP contribution is -2.42. The molecule has 158 valence electrons. The van der Waals surface area contributed by atoms with Crippen molar-refractivity contribution in [1.82, 2.24) is 5.06 Å². The molecule has 0 aromatic carbocycles. The van der Waals surface area contributed by atoms with Gasteiger partial charge >= 0.3 is 0 Å². The molecule has 1 unspecified atom stereocenters. The van der Waals surface area contributed by atoms with E-state index in [4.69, 9.17) is 4.89 Å². The summed E-state index contributed by atoms with van der Waals surface area (Å²) in [5.74, 6) is 0. The third-order valence-electron chi connectivity index (χ3n) is 5.82. The summed E-state index contributed by atoms with van der Waals surface area (Å²) in [6.07, 6.45) is 4.55. The summed E-state index contributed by atoms with van der Waals surface area (Å²) in [5, 5.41) is 22.0. The monoisotopic (exact) mass is 407 g/mol. The van der Waals surface area contributed by atoms with Crippen molar-refractivity contribution in [2.24, 2.45) is 0 Å². The van der Waals surface area contributed by atoms with Gasteiger partial charge in [-0.3, -0.25) is 0 Å². The minimum absolute atomic E-state index is 0.0419. The Hall–Kier alpha value is -1.11. The minimum Gasteiger partial charge on any atom is -0.311 e. The molecule has 0 aliphatic heterocycles. The van der Waals surface area contributed by atoms with Gasteiger partial charge < -0.3 is 5.21 Å². The van der Waals surface area contributed by atoms with Gasteiger partial charge in [-0.25, -0.2) is 20.2 Å². The third kappa shape index (κ3) is 3.96. The Morgan fingerprint density at radius 3 is 1.96 bits per heavy atom. The molecule has 0 saturated heterocycles. The molecule has 0 heterocycles. The molecule has 0 bridgehead atoms. The van der Waals surface area contributed by atoms with Crippen LogP contribution in [-0.4, -0.2) is 38.3 Å². The molecule has 0 aromatic rings. The van der Waals surface area contributed by atoms with Gasteiger partial charge in [0, 0.05) is 16.0 Å². The first-order chi connectivity index (χ1) is 12.8. The summed E-state index contributed by atoms with van der Waals surface area (Å²) in [5.41, 5.74) is 3.73. The van der Waals surface area contributed by atoms with E-state index in [0.717, 1.165) is 28.2 Å². The fraction of sp³-hybridized carbons (Fsp3) is 0.565. The van der Waals surface area contributed by atoms with Crippen molar-refractivity contribution in [1.29, 1.82) is 0 Å². The van der Waals surface area contributed by atoms with Crippen molar-refractivity contribution < 1.29 is 15.4 Å². The average molecular weight is 408 g/mol. The second kappa shape index (κ2) is 7.96. The van der Waals surface area contributed by atoms with Crippen molar-refractivity contribution in [2.75, 3.05) is 12.5 Å². The highest BCUT2D eigenvalue weighted by Gasteiger charge is 2.42. The van der Waals surface area contributed by atoms with E-state index in [0.29, 0.717) is 0 Å². The molecular weight excluding hydrogens is 370 g/mol. The molecule has 0 radical (unpaired) electrons. The lowest BCUT2D eigenvalue weighted by Gasteiger charge is -2.47. The molecule has 2 aliphatic rings. The van der Waals surface area contributed by atoms with Crippen LogP contribution in [0.2, 0.25) is 0 Å². The summed E-state index contributed by atoms with van der Waals surface area (Å²) in [4.78, 5) is 6.19. The lowest BCUT2D eigenvalue weighted by molar-refractivity contribution is -0.380. The molecule has 0 spiro atoms. The van der Waals surface area contributed by atoms with Crippen molar-refractivity contribution in [3.05, 3.63) is 41.5 Å². The zero-order valence-electron chi connectivity index (χ0n) is 18.8. The Morgan fingerprint density at radius 2 is 1.54 bits per heavy atom. The summed E-state index contributed by atoms with van der Waals surface area (Å²) in [7, 11) is -1.30. The molecular formula is C23H37NO3S. The van der Waals surface area contributed by atoms with Crippen molar-refractivity contribution >= 4 is 10.0 Å². The normalized spacial score (nSPS) is 15.3. The number of hydrogen-bond donors (Lipinski definition) is 2. The SMILES string of the molecule is CCc1c2cccccc-2c(C(OO)N(O)C(C)(C)C)c1S(C)(C)C(C)(C)C. The molecule has 28 heavy (non-hydrogen) atoms. The van der Waals surface area contributed by atoms with E-state index in [9.17, 15) is 10.5 Å². The van der Waals surface area contributed by atoms with Crippen molar-refractivity contribution in [2.45, 2.75) is 76.3 Å². The zero-order chi connectivity index (χ0) is 21.5. The van der Waals surface area contributed by atoms with Crippen LogP contribution in [0.4, 0.5) is 0 Å². The Bertz CT molecular complexity index is 790. The number of nitrogens with zero attached hydrogens (tertiary/aromatic N) is 1. The van der Waals surface area contributed by atoms with Gasteiger partial charge in [-0.05, 0) is 61.1 Å². The summed E-state index contributed by atoms with van der Waals surface area (Å²) in [6.45, 7) is 14.6. The fourth-order valence-electron chi connectivity index (χ4n) is 3.51. The fourth-order valence-corrected chi connectivity index (χ4v) is 5.75. The quantitative estimate of drug-likeness (QED) is 0.335. The largest absolute Gasteiger partial charge is 0.311 e. The van der Waals surface area contributed by atoms with Crippen molar-refractivity contribution in [3.63, 3.8) is 0 Å². The van der Waals surface area contributed by atoms with Crippen molar-refractivity contribution in [3.8, 4) is 11.1 Å². The Balaban J connectivity index is 2.98. The van der Waals surface area contributed by atoms with Crippen LogP contribution in [0.25, 0.3) is 11.1 Å². The average Bonchev–Trinajstić information content (AvgIpc) is 2.71. The summed E-state index contributed by atoms with van der Waals surface area (Å²) < 4.78 is 0.0419. The number of hydroxylamine groups is 2. The van der Waals surface area contributed by atoms with Gasteiger partial charge in [-0.1, -0.05) is 58.0 Å². The lowest BCUT2D eigenvalue weighted by atomic mass is 10.0. The maximum atomic E-state index is 11.0. The maximum absolute atomic E-state index is 11.0. The van der Waals surface area contributed by atoms with Crippen LogP contribution >= 0.6 is 10.0 Å². The first-order valence-electron chi connectivity index (χ1n) is 9.83. The highest BCUT2D eigenvalue weighted by atomic mass is 32.3. The Labute approximate surface area is 172 Å². The second-order valence-electron chi connectivity index (χ2n) is 9.73. The molecule has 0 aromatic heterocycles. The first-order valence-corrected chi connectivity index (χ1v) is 12.3. The molecule has 4 nitrogen and oxygen atoms in total. The molecule has 0 amide bonds. The van der Waals surface area contributed by atoms with Crippen LogP contribution in [0.15, 0.2) is 35.2 Å². The van der Waals surface area contributed by atoms with Gasteiger partial charge in [0.05, 0.1) is 0 Å². The van der Waals surface area contributed by atoms with E-state index in [1.54, 1.807) is 0 Å². The topological polar surface area (TPSA) is 52.9 Å². The van der Waals surface area contributed by atoms with E-state index in [1.165, 1.54) is 10.5 Å². The third-order valence-corrected chi connectivity index (χ3v) is 10.4. The number of rotatable bonds is 5. The predicted octanol–water partition coefficient (Wildman–Crippen LogP) is 6.55. The second-order valence-corrected chi connectivity index (χ2v) is 14.0. The zero-order valence-corrected chi connectivity index (χ0v) is 19.6. The number of hydrogen-bond acceptors (Lipinski definition) is 4. The van der Waals surface area contributed by atoms with E-state index >= 15 is 0 Å². The molecule has 2 rings (SSSR count). The standard InChI is InChI=1S/C23H37NO3S/c1-10-16-17-14-12-11-13-15-18(17)19(20(16)28(8,9)23(5,6)7)21(27-26)24(25)22(2,3)4/h11-15,21,25-26H,10H2,1-9H3. The highest BCUT2D eigenvalue weighted by Crippen LogP contribution is 2.65. The Morgan fingerprint density at radius 1 is 1.00 bits per heavy atom. The Kier molecular flexibility index (Phi) is 6.59. The van der Waals surface area contributed by atoms with Crippen LogP contribution < -0.4 is 0 Å². The van der Waals surface area contributed by atoms with Crippen LogP contribution in [0.3, 0.4) is 0 Å². The molecule has 1 atom stereocenters.